The predicted octanol–water partition coefficient (Wildman–Crippen LogP) is 10.6. The van der Waals surface area contributed by atoms with E-state index in [0.29, 0.717) is 5.69 Å². The molecule has 2 heterocycles. The highest BCUT2D eigenvalue weighted by Crippen LogP contribution is 2.48. The molecule has 0 bridgehead atoms. The van der Waals surface area contributed by atoms with Crippen LogP contribution >= 0.6 is 0 Å². The first-order valence-electron chi connectivity index (χ1n) is 14.8. The lowest BCUT2D eigenvalue weighted by Gasteiger charge is -2.23. The number of nitrogens with zero attached hydrogens (tertiary/aromatic N) is 2. The van der Waals surface area contributed by atoms with Gasteiger partial charge < -0.3 is 4.42 Å². The Balaban J connectivity index is 1.80. The van der Waals surface area contributed by atoms with E-state index in [1.165, 1.54) is 27.6 Å². The van der Waals surface area contributed by atoms with Crippen LogP contribution in [0.15, 0.2) is 83.3 Å². The molecule has 0 atom stereocenters. The first kappa shape index (κ1) is 27.7. The molecule has 6 aromatic rings. The Morgan fingerprint density at radius 1 is 0.786 bits per heavy atom. The van der Waals surface area contributed by atoms with Gasteiger partial charge in [0, 0.05) is 33.9 Å². The van der Waals surface area contributed by atoms with Gasteiger partial charge >= 0.3 is 0 Å². The minimum Gasteiger partial charge on any atom is -0.456 e. The molecule has 0 N–H and O–H groups in total. The lowest BCUT2D eigenvalue weighted by molar-refractivity contribution is -0.633. The van der Waals surface area contributed by atoms with E-state index in [-0.39, 0.29) is 10.8 Å². The third-order valence-corrected chi connectivity index (χ3v) is 8.34. The Bertz CT molecular complexity index is 2040. The zero-order chi connectivity index (χ0) is 30.0. The number of furan rings is 1. The van der Waals surface area contributed by atoms with Crippen molar-refractivity contribution in [1.82, 2.24) is 0 Å². The van der Waals surface area contributed by atoms with Gasteiger partial charge in [0.25, 0.3) is 0 Å². The molecule has 42 heavy (non-hydrogen) atoms. The summed E-state index contributed by atoms with van der Waals surface area (Å²) in [5.74, 6) is 0. The molecule has 0 saturated heterocycles. The summed E-state index contributed by atoms with van der Waals surface area (Å²) in [6, 6.07) is 27.7. The summed E-state index contributed by atoms with van der Waals surface area (Å²) >= 11 is 0. The summed E-state index contributed by atoms with van der Waals surface area (Å²) in [5, 5.41) is 3.48. The van der Waals surface area contributed by atoms with Crippen LogP contribution < -0.4 is 4.57 Å². The molecule has 2 aromatic heterocycles. The van der Waals surface area contributed by atoms with Crippen molar-refractivity contribution in [3.05, 3.63) is 107 Å². The van der Waals surface area contributed by atoms with Gasteiger partial charge in [0.05, 0.1) is 12.1 Å². The van der Waals surface area contributed by atoms with Gasteiger partial charge in [-0.15, -0.1) is 0 Å². The number of para-hydroxylation sites is 1. The molecule has 4 aromatic carbocycles. The molecule has 3 nitrogen and oxygen atoms in total. The zero-order valence-electron chi connectivity index (χ0n) is 26.0. The van der Waals surface area contributed by atoms with Crippen molar-refractivity contribution in [2.45, 2.75) is 60.3 Å². The van der Waals surface area contributed by atoms with Crippen molar-refractivity contribution in [3.8, 4) is 22.4 Å². The fourth-order valence-electron chi connectivity index (χ4n) is 6.49. The molecule has 0 unspecified atom stereocenters. The van der Waals surface area contributed by atoms with Crippen LogP contribution in [0.1, 0.15) is 58.2 Å². The summed E-state index contributed by atoms with van der Waals surface area (Å²) < 4.78 is 9.35. The van der Waals surface area contributed by atoms with Crippen molar-refractivity contribution in [2.24, 2.45) is 12.5 Å². The molecule has 0 spiro atoms. The van der Waals surface area contributed by atoms with Crippen LogP contribution in [0.2, 0.25) is 0 Å². The van der Waals surface area contributed by atoms with Crippen LogP contribution in [0, 0.1) is 18.9 Å². The van der Waals surface area contributed by atoms with E-state index in [2.05, 4.69) is 120 Å². The molecule has 210 valence electrons. The summed E-state index contributed by atoms with van der Waals surface area (Å²) in [4.78, 5) is 3.92. The van der Waals surface area contributed by atoms with E-state index in [1.54, 1.807) is 0 Å². The monoisotopic (exact) mass is 551 g/mol. The third-order valence-electron chi connectivity index (χ3n) is 8.34. The normalized spacial score (nSPS) is 12.4. The fourth-order valence-corrected chi connectivity index (χ4v) is 6.49. The van der Waals surface area contributed by atoms with Gasteiger partial charge in [-0.1, -0.05) is 102 Å². The molecule has 0 amide bonds. The van der Waals surface area contributed by atoms with E-state index >= 15 is 0 Å². The Hall–Kier alpha value is -4.42. The molecule has 3 heteroatoms. The van der Waals surface area contributed by atoms with E-state index in [0.717, 1.165) is 50.7 Å². The maximum atomic E-state index is 7.98. The lowest BCUT2D eigenvalue weighted by atomic mass is 9.81. The van der Waals surface area contributed by atoms with Crippen LogP contribution in [-0.2, 0) is 18.9 Å². The lowest BCUT2D eigenvalue weighted by Crippen LogP contribution is -2.33. The largest absolute Gasteiger partial charge is 0.456 e. The van der Waals surface area contributed by atoms with E-state index in [1.807, 2.05) is 24.3 Å². The molecule has 0 fully saturated rings. The molecular formula is C39H39N2O+. The average Bonchev–Trinajstić information content (AvgIpc) is 3.32. The standard InChI is InChI=1S/C39H39N2O/c1-24-21-29(39(5,6)7)35-28-19-20-30(40-8)34(25-15-11-10-12-16-25)36(28)42-37(35)33(24)32-22-26(23-38(2,3)4)27-17-13-14-18-31(27)41(32)9/h10-22H,23H2,1-7,9H3/q+1. The number of fused-ring (bicyclic) bond motifs is 4. The van der Waals surface area contributed by atoms with Gasteiger partial charge in [0.2, 0.25) is 11.2 Å². The number of aryl methyl sites for hydroxylation is 2. The van der Waals surface area contributed by atoms with E-state index < -0.39 is 0 Å². The van der Waals surface area contributed by atoms with Gasteiger partial charge in [-0.2, -0.15) is 4.57 Å². The van der Waals surface area contributed by atoms with Gasteiger partial charge in [0.15, 0.2) is 5.69 Å². The van der Waals surface area contributed by atoms with Crippen molar-refractivity contribution in [3.63, 3.8) is 0 Å². The van der Waals surface area contributed by atoms with E-state index in [9.17, 15) is 0 Å². The second kappa shape index (κ2) is 9.85. The van der Waals surface area contributed by atoms with Crippen molar-refractivity contribution < 1.29 is 8.98 Å². The molecule has 0 saturated carbocycles. The first-order valence-corrected chi connectivity index (χ1v) is 14.8. The van der Waals surface area contributed by atoms with Crippen LogP contribution in [0.5, 0.6) is 0 Å². The third kappa shape index (κ3) is 4.56. The number of rotatable bonds is 3. The number of hydrogen-bond donors (Lipinski definition) is 0. The summed E-state index contributed by atoms with van der Waals surface area (Å²) in [6.07, 6.45) is 0.969. The molecule has 0 radical (unpaired) electrons. The van der Waals surface area contributed by atoms with Gasteiger partial charge in [-0.05, 0) is 52.5 Å². The predicted molar refractivity (Wildman–Crippen MR) is 176 cm³/mol. The quantitative estimate of drug-likeness (QED) is 0.158. The number of hydrogen-bond acceptors (Lipinski definition) is 1. The summed E-state index contributed by atoms with van der Waals surface area (Å²) in [6.45, 7) is 23.9. The Morgan fingerprint density at radius 2 is 1.48 bits per heavy atom. The van der Waals surface area contributed by atoms with Crippen LogP contribution in [0.4, 0.5) is 5.69 Å². The summed E-state index contributed by atoms with van der Waals surface area (Å²) in [5.41, 5.74) is 11.4. The smallest absolute Gasteiger partial charge is 0.217 e. The first-order chi connectivity index (χ1) is 19.9. The van der Waals surface area contributed by atoms with Crippen molar-refractivity contribution >= 4 is 38.5 Å². The SMILES string of the molecule is [C-]#[N+]c1ccc2c(oc3c(-c4cc(CC(C)(C)C)c5ccccc5[n+]4C)c(C)cc(C(C)(C)C)c32)c1-c1ccccc1. The maximum absolute atomic E-state index is 7.98. The molecule has 0 aliphatic carbocycles. The van der Waals surface area contributed by atoms with Gasteiger partial charge in [-0.25, -0.2) is 4.85 Å². The van der Waals surface area contributed by atoms with Gasteiger partial charge in [-0.3, -0.25) is 0 Å². The molecular weight excluding hydrogens is 512 g/mol. The minimum absolute atomic E-state index is 0.104. The average molecular weight is 552 g/mol. The number of pyridine rings is 1. The molecule has 0 aliphatic rings. The Labute approximate surface area is 249 Å². The number of aromatic nitrogens is 1. The van der Waals surface area contributed by atoms with Gasteiger partial charge in [0.1, 0.15) is 18.2 Å². The Kier molecular flexibility index (Phi) is 6.50. The number of benzene rings is 4. The highest BCUT2D eigenvalue weighted by Gasteiger charge is 2.30. The topological polar surface area (TPSA) is 21.4 Å². The van der Waals surface area contributed by atoms with Crippen LogP contribution in [0.3, 0.4) is 0 Å². The van der Waals surface area contributed by atoms with Crippen molar-refractivity contribution in [2.75, 3.05) is 0 Å². The minimum atomic E-state index is -0.104. The second-order valence-electron chi connectivity index (χ2n) is 13.9. The second-order valence-corrected chi connectivity index (χ2v) is 13.9. The van der Waals surface area contributed by atoms with Crippen LogP contribution in [-0.4, -0.2) is 0 Å². The summed E-state index contributed by atoms with van der Waals surface area (Å²) in [7, 11) is 2.16. The molecule has 0 aliphatic heterocycles. The Morgan fingerprint density at radius 3 is 2.14 bits per heavy atom. The zero-order valence-corrected chi connectivity index (χ0v) is 26.0. The molecule has 6 rings (SSSR count). The highest BCUT2D eigenvalue weighted by atomic mass is 16.3. The van der Waals surface area contributed by atoms with Crippen molar-refractivity contribution in [1.29, 1.82) is 0 Å². The fraction of sp³-hybridized carbons (Fsp3) is 0.282. The highest BCUT2D eigenvalue weighted by molar-refractivity contribution is 6.16. The maximum Gasteiger partial charge on any atom is 0.217 e. The van der Waals surface area contributed by atoms with E-state index in [4.69, 9.17) is 11.0 Å². The van der Waals surface area contributed by atoms with Crippen LogP contribution in [0.25, 0.3) is 60.1 Å².